The van der Waals surface area contributed by atoms with Gasteiger partial charge in [-0.25, -0.2) is 0 Å². The number of hydrogen-bond acceptors (Lipinski definition) is 5. The second kappa shape index (κ2) is 10.8. The Morgan fingerprint density at radius 1 is 1.00 bits per heavy atom. The number of benzene rings is 1. The predicted molar refractivity (Wildman–Crippen MR) is 103 cm³/mol. The molecule has 0 aromatic heterocycles. The normalized spacial score (nSPS) is 14.6. The van der Waals surface area contributed by atoms with Gasteiger partial charge in [0.2, 0.25) is 11.8 Å². The molecule has 7 heteroatoms. The molecule has 7 nitrogen and oxygen atoms in total. The largest absolute Gasteiger partial charge is 0.379 e. The third-order valence-electron chi connectivity index (χ3n) is 4.71. The van der Waals surface area contributed by atoms with E-state index in [9.17, 15) is 14.4 Å². The van der Waals surface area contributed by atoms with Gasteiger partial charge in [0.25, 0.3) is 0 Å². The van der Waals surface area contributed by atoms with Gasteiger partial charge < -0.3 is 15.4 Å². The number of Topliss-reactive ketones (excluding diaryl/α,β-unsaturated/α-hetero) is 1. The SMILES string of the molecule is Cc1ccc(C(=O)CCC(=O)NCC(=O)NCCN2CCOCC2)cc1C. The van der Waals surface area contributed by atoms with Crippen molar-refractivity contribution in [1.82, 2.24) is 15.5 Å². The van der Waals surface area contributed by atoms with Gasteiger partial charge in [0.05, 0.1) is 19.8 Å². The molecule has 0 aliphatic carbocycles. The first-order valence-electron chi connectivity index (χ1n) is 9.39. The second-order valence-electron chi connectivity index (χ2n) is 6.80. The molecule has 0 atom stereocenters. The van der Waals surface area contributed by atoms with Crippen LogP contribution in [-0.4, -0.2) is 68.4 Å². The van der Waals surface area contributed by atoms with Crippen LogP contribution in [0.15, 0.2) is 18.2 Å². The Kier molecular flexibility index (Phi) is 8.42. The fourth-order valence-electron chi connectivity index (χ4n) is 2.79. The van der Waals surface area contributed by atoms with Crippen LogP contribution in [0, 0.1) is 13.8 Å². The average molecular weight is 375 g/mol. The van der Waals surface area contributed by atoms with Crippen LogP contribution in [0.2, 0.25) is 0 Å². The van der Waals surface area contributed by atoms with Gasteiger partial charge in [0.1, 0.15) is 0 Å². The molecule has 0 unspecified atom stereocenters. The Labute approximate surface area is 160 Å². The summed E-state index contributed by atoms with van der Waals surface area (Å²) in [5.41, 5.74) is 2.80. The van der Waals surface area contributed by atoms with Crippen molar-refractivity contribution < 1.29 is 19.1 Å². The quantitative estimate of drug-likeness (QED) is 0.624. The summed E-state index contributed by atoms with van der Waals surface area (Å²) >= 11 is 0. The highest BCUT2D eigenvalue weighted by atomic mass is 16.5. The number of aryl methyl sites for hydroxylation is 2. The van der Waals surface area contributed by atoms with E-state index in [1.807, 2.05) is 26.0 Å². The maximum Gasteiger partial charge on any atom is 0.239 e. The molecule has 1 aromatic rings. The van der Waals surface area contributed by atoms with Crippen LogP contribution in [0.5, 0.6) is 0 Å². The molecule has 2 rings (SSSR count). The van der Waals surface area contributed by atoms with Crippen molar-refractivity contribution in [2.24, 2.45) is 0 Å². The lowest BCUT2D eigenvalue weighted by Gasteiger charge is -2.26. The van der Waals surface area contributed by atoms with E-state index >= 15 is 0 Å². The number of hydrogen-bond donors (Lipinski definition) is 2. The predicted octanol–water partition coefficient (Wildman–Crippen LogP) is 0.831. The van der Waals surface area contributed by atoms with Gasteiger partial charge in [0, 0.05) is 44.6 Å². The Balaban J connectivity index is 1.60. The van der Waals surface area contributed by atoms with Gasteiger partial charge in [-0.05, 0) is 31.0 Å². The molecule has 1 fully saturated rings. The van der Waals surface area contributed by atoms with Crippen LogP contribution in [0.25, 0.3) is 0 Å². The Morgan fingerprint density at radius 2 is 1.74 bits per heavy atom. The van der Waals surface area contributed by atoms with Gasteiger partial charge in [-0.15, -0.1) is 0 Å². The summed E-state index contributed by atoms with van der Waals surface area (Å²) in [6.45, 7) is 8.39. The summed E-state index contributed by atoms with van der Waals surface area (Å²) in [6, 6.07) is 5.53. The van der Waals surface area contributed by atoms with E-state index in [1.54, 1.807) is 6.07 Å². The van der Waals surface area contributed by atoms with Crippen LogP contribution in [0.1, 0.15) is 34.3 Å². The summed E-state index contributed by atoms with van der Waals surface area (Å²) in [5, 5.41) is 5.35. The van der Waals surface area contributed by atoms with Crippen molar-refractivity contribution in [3.63, 3.8) is 0 Å². The standard InChI is InChI=1S/C20H29N3O4/c1-15-3-4-17(13-16(15)2)18(24)5-6-19(25)22-14-20(26)21-7-8-23-9-11-27-12-10-23/h3-4,13H,5-12,14H2,1-2H3,(H,21,26)(H,22,25). The van der Waals surface area contributed by atoms with E-state index in [4.69, 9.17) is 4.74 Å². The maximum absolute atomic E-state index is 12.2. The van der Waals surface area contributed by atoms with Gasteiger partial charge >= 0.3 is 0 Å². The molecule has 0 saturated carbocycles. The molecule has 0 radical (unpaired) electrons. The number of amides is 2. The molecule has 27 heavy (non-hydrogen) atoms. The number of ketones is 1. The zero-order valence-corrected chi connectivity index (χ0v) is 16.2. The molecule has 0 spiro atoms. The molecule has 1 heterocycles. The topological polar surface area (TPSA) is 87.7 Å². The van der Waals surface area contributed by atoms with Crippen molar-refractivity contribution in [1.29, 1.82) is 0 Å². The van der Waals surface area contributed by atoms with Gasteiger partial charge in [-0.3, -0.25) is 19.3 Å². The zero-order chi connectivity index (χ0) is 19.6. The van der Waals surface area contributed by atoms with E-state index in [0.29, 0.717) is 12.1 Å². The summed E-state index contributed by atoms with van der Waals surface area (Å²) < 4.78 is 5.27. The summed E-state index contributed by atoms with van der Waals surface area (Å²) in [6.07, 6.45) is 0.208. The van der Waals surface area contributed by atoms with E-state index in [2.05, 4.69) is 15.5 Å². The highest BCUT2D eigenvalue weighted by molar-refractivity contribution is 5.98. The van der Waals surface area contributed by atoms with E-state index in [-0.39, 0.29) is 37.0 Å². The minimum atomic E-state index is -0.296. The van der Waals surface area contributed by atoms with E-state index < -0.39 is 0 Å². The number of carbonyl (C=O) groups excluding carboxylic acids is 3. The minimum absolute atomic E-state index is 0.0665. The van der Waals surface area contributed by atoms with Crippen LogP contribution >= 0.6 is 0 Å². The second-order valence-corrected chi connectivity index (χ2v) is 6.80. The number of ether oxygens (including phenoxy) is 1. The van der Waals surface area contributed by atoms with Crippen molar-refractivity contribution in [2.45, 2.75) is 26.7 Å². The first kappa shape index (κ1) is 21.1. The van der Waals surface area contributed by atoms with Gasteiger partial charge in [0.15, 0.2) is 5.78 Å². The number of nitrogens with zero attached hydrogens (tertiary/aromatic N) is 1. The van der Waals surface area contributed by atoms with Crippen molar-refractivity contribution in [3.05, 3.63) is 34.9 Å². The lowest BCUT2D eigenvalue weighted by molar-refractivity contribution is -0.126. The summed E-state index contributed by atoms with van der Waals surface area (Å²) in [5.74, 6) is -0.587. The molecule has 148 valence electrons. The Morgan fingerprint density at radius 3 is 2.44 bits per heavy atom. The Bertz CT molecular complexity index is 669. The molecule has 0 bridgehead atoms. The summed E-state index contributed by atoms with van der Waals surface area (Å²) in [7, 11) is 0. The molecule has 1 aliphatic rings. The Hall–Kier alpha value is -2.25. The monoisotopic (exact) mass is 375 g/mol. The number of morpholine rings is 1. The molecule has 2 amide bonds. The first-order valence-corrected chi connectivity index (χ1v) is 9.39. The lowest BCUT2D eigenvalue weighted by Crippen LogP contribution is -2.43. The molecule has 1 aromatic carbocycles. The summed E-state index contributed by atoms with van der Waals surface area (Å²) in [4.78, 5) is 38.0. The zero-order valence-electron chi connectivity index (χ0n) is 16.2. The first-order chi connectivity index (χ1) is 13.0. The molecular formula is C20H29N3O4. The highest BCUT2D eigenvalue weighted by Crippen LogP contribution is 2.12. The van der Waals surface area contributed by atoms with Crippen molar-refractivity contribution in [3.8, 4) is 0 Å². The smallest absolute Gasteiger partial charge is 0.239 e. The van der Waals surface area contributed by atoms with Crippen molar-refractivity contribution in [2.75, 3.05) is 45.9 Å². The molecular weight excluding hydrogens is 346 g/mol. The fourth-order valence-corrected chi connectivity index (χ4v) is 2.79. The minimum Gasteiger partial charge on any atom is -0.379 e. The van der Waals surface area contributed by atoms with Crippen molar-refractivity contribution >= 4 is 17.6 Å². The van der Waals surface area contributed by atoms with Crippen LogP contribution in [0.4, 0.5) is 0 Å². The highest BCUT2D eigenvalue weighted by Gasteiger charge is 2.12. The van der Waals surface area contributed by atoms with E-state index in [0.717, 1.165) is 44.0 Å². The van der Waals surface area contributed by atoms with Crippen LogP contribution in [0.3, 0.4) is 0 Å². The van der Waals surface area contributed by atoms with Crippen LogP contribution in [-0.2, 0) is 14.3 Å². The third-order valence-corrected chi connectivity index (χ3v) is 4.71. The number of carbonyl (C=O) groups is 3. The van der Waals surface area contributed by atoms with Crippen LogP contribution < -0.4 is 10.6 Å². The third kappa shape index (κ3) is 7.48. The fraction of sp³-hybridized carbons (Fsp3) is 0.550. The van der Waals surface area contributed by atoms with E-state index in [1.165, 1.54) is 0 Å². The lowest BCUT2D eigenvalue weighted by atomic mass is 10.0. The van der Waals surface area contributed by atoms with Gasteiger partial charge in [-0.2, -0.15) is 0 Å². The maximum atomic E-state index is 12.2. The molecule has 2 N–H and O–H groups in total. The van der Waals surface area contributed by atoms with Gasteiger partial charge in [-0.1, -0.05) is 12.1 Å². The molecule has 1 aliphatic heterocycles. The number of rotatable bonds is 9. The molecule has 1 saturated heterocycles. The average Bonchev–Trinajstić information content (AvgIpc) is 2.67. The number of nitrogens with one attached hydrogen (secondary N) is 2.